The van der Waals surface area contributed by atoms with Gasteiger partial charge in [0.1, 0.15) is 0 Å². The Balaban J connectivity index is 2.94. The van der Waals surface area contributed by atoms with Crippen molar-refractivity contribution in [3.63, 3.8) is 0 Å². The predicted octanol–water partition coefficient (Wildman–Crippen LogP) is 0.406. The number of aliphatic hydroxyl groups is 2. The SMILES string of the molecule is CCC(=O)c1ccc(S(=O)(=O)CC(O)CO)cc1. The highest BCUT2D eigenvalue weighted by molar-refractivity contribution is 7.91. The molecule has 0 amide bonds. The zero-order valence-electron chi connectivity index (χ0n) is 10.0. The molecule has 18 heavy (non-hydrogen) atoms. The van der Waals surface area contributed by atoms with Crippen LogP contribution in [0.5, 0.6) is 0 Å². The molecule has 0 aliphatic rings. The molecule has 0 aliphatic carbocycles. The lowest BCUT2D eigenvalue weighted by Crippen LogP contribution is -2.24. The van der Waals surface area contributed by atoms with E-state index in [1.165, 1.54) is 24.3 Å². The van der Waals surface area contributed by atoms with Crippen molar-refractivity contribution < 1.29 is 23.4 Å². The molecule has 0 saturated heterocycles. The monoisotopic (exact) mass is 272 g/mol. The van der Waals surface area contributed by atoms with Crippen LogP contribution in [0.3, 0.4) is 0 Å². The third-order valence-corrected chi connectivity index (χ3v) is 4.29. The van der Waals surface area contributed by atoms with Gasteiger partial charge in [-0.15, -0.1) is 0 Å². The molecule has 0 fully saturated rings. The lowest BCUT2D eigenvalue weighted by molar-refractivity contribution is 0.0988. The highest BCUT2D eigenvalue weighted by Gasteiger charge is 2.19. The number of carbonyl (C=O) groups is 1. The molecule has 0 aliphatic heterocycles. The molecular formula is C12H16O5S. The van der Waals surface area contributed by atoms with E-state index in [0.717, 1.165) is 0 Å². The molecule has 1 rings (SSSR count). The Hall–Kier alpha value is -1.24. The number of Topliss-reactive ketones (excluding diaryl/α,β-unsaturated/α-hetero) is 1. The Morgan fingerprint density at radius 2 is 1.83 bits per heavy atom. The second-order valence-electron chi connectivity index (χ2n) is 3.92. The number of sulfone groups is 1. The van der Waals surface area contributed by atoms with Crippen LogP contribution in [-0.2, 0) is 9.84 Å². The number of carbonyl (C=O) groups excluding carboxylic acids is 1. The van der Waals surface area contributed by atoms with Gasteiger partial charge in [0.05, 0.1) is 23.4 Å². The van der Waals surface area contributed by atoms with Crippen LogP contribution in [0.2, 0.25) is 0 Å². The third-order valence-electron chi connectivity index (χ3n) is 2.48. The van der Waals surface area contributed by atoms with Crippen molar-refractivity contribution in [3.8, 4) is 0 Å². The molecule has 6 heteroatoms. The quantitative estimate of drug-likeness (QED) is 0.732. The fraction of sp³-hybridized carbons (Fsp3) is 0.417. The Labute approximate surface area is 106 Å². The van der Waals surface area contributed by atoms with Gasteiger partial charge < -0.3 is 10.2 Å². The standard InChI is InChI=1S/C12H16O5S/c1-2-12(15)9-3-5-11(6-4-9)18(16,17)8-10(14)7-13/h3-6,10,13-14H,2,7-8H2,1H3. The third kappa shape index (κ3) is 3.63. The van der Waals surface area contributed by atoms with Gasteiger partial charge in [-0.05, 0) is 12.1 Å². The van der Waals surface area contributed by atoms with Crippen LogP contribution in [0.15, 0.2) is 29.2 Å². The van der Waals surface area contributed by atoms with E-state index in [-0.39, 0.29) is 10.7 Å². The topological polar surface area (TPSA) is 91.7 Å². The van der Waals surface area contributed by atoms with E-state index in [1.54, 1.807) is 6.92 Å². The lowest BCUT2D eigenvalue weighted by Gasteiger charge is -2.08. The van der Waals surface area contributed by atoms with Crippen molar-refractivity contribution in [2.45, 2.75) is 24.3 Å². The predicted molar refractivity (Wildman–Crippen MR) is 66.2 cm³/mol. The summed E-state index contributed by atoms with van der Waals surface area (Å²) in [4.78, 5) is 11.4. The maximum atomic E-state index is 11.8. The van der Waals surface area contributed by atoms with Gasteiger partial charge in [-0.3, -0.25) is 4.79 Å². The first-order valence-electron chi connectivity index (χ1n) is 5.55. The highest BCUT2D eigenvalue weighted by Crippen LogP contribution is 2.14. The first-order valence-corrected chi connectivity index (χ1v) is 7.21. The van der Waals surface area contributed by atoms with Crippen LogP contribution in [0.4, 0.5) is 0 Å². The van der Waals surface area contributed by atoms with Crippen molar-refractivity contribution in [1.82, 2.24) is 0 Å². The number of rotatable bonds is 6. The zero-order valence-corrected chi connectivity index (χ0v) is 10.9. The molecule has 0 saturated carbocycles. The smallest absolute Gasteiger partial charge is 0.181 e. The van der Waals surface area contributed by atoms with Gasteiger partial charge in [-0.25, -0.2) is 8.42 Å². The van der Waals surface area contributed by atoms with Crippen LogP contribution in [-0.4, -0.2) is 42.9 Å². The maximum absolute atomic E-state index is 11.8. The minimum Gasteiger partial charge on any atom is -0.394 e. The molecular weight excluding hydrogens is 256 g/mol. The summed E-state index contributed by atoms with van der Waals surface area (Å²) in [5, 5.41) is 17.8. The summed E-state index contributed by atoms with van der Waals surface area (Å²) in [5.74, 6) is -0.598. The van der Waals surface area contributed by atoms with E-state index in [9.17, 15) is 13.2 Å². The van der Waals surface area contributed by atoms with E-state index in [2.05, 4.69) is 0 Å². The average molecular weight is 272 g/mol. The van der Waals surface area contributed by atoms with Crippen molar-refractivity contribution in [2.75, 3.05) is 12.4 Å². The van der Waals surface area contributed by atoms with Crippen LogP contribution in [0.25, 0.3) is 0 Å². The molecule has 100 valence electrons. The van der Waals surface area contributed by atoms with E-state index in [1.807, 2.05) is 0 Å². The Bertz CT molecular complexity index is 504. The molecule has 2 N–H and O–H groups in total. The first-order chi connectivity index (χ1) is 8.40. The summed E-state index contributed by atoms with van der Waals surface area (Å²) >= 11 is 0. The molecule has 0 aromatic heterocycles. The van der Waals surface area contributed by atoms with Gasteiger partial charge in [0.15, 0.2) is 15.6 Å². The number of benzene rings is 1. The molecule has 1 aromatic carbocycles. The first kappa shape index (κ1) is 14.8. The van der Waals surface area contributed by atoms with Crippen LogP contribution >= 0.6 is 0 Å². The molecule has 1 atom stereocenters. The molecule has 0 heterocycles. The van der Waals surface area contributed by atoms with Crippen molar-refractivity contribution >= 4 is 15.6 Å². The van der Waals surface area contributed by atoms with Gasteiger partial charge in [-0.2, -0.15) is 0 Å². The van der Waals surface area contributed by atoms with Gasteiger partial charge in [-0.1, -0.05) is 19.1 Å². The largest absolute Gasteiger partial charge is 0.394 e. The lowest BCUT2D eigenvalue weighted by atomic mass is 10.1. The number of aliphatic hydroxyl groups excluding tert-OH is 2. The Morgan fingerprint density at radius 3 is 2.28 bits per heavy atom. The number of ketones is 1. The molecule has 0 spiro atoms. The summed E-state index contributed by atoms with van der Waals surface area (Å²) in [6, 6.07) is 5.57. The molecule has 0 radical (unpaired) electrons. The normalized spacial score (nSPS) is 13.3. The molecule has 5 nitrogen and oxygen atoms in total. The summed E-state index contributed by atoms with van der Waals surface area (Å²) < 4.78 is 23.6. The second-order valence-corrected chi connectivity index (χ2v) is 5.95. The van der Waals surface area contributed by atoms with Gasteiger partial charge in [0.2, 0.25) is 0 Å². The number of hydrogen-bond donors (Lipinski definition) is 2. The van der Waals surface area contributed by atoms with Gasteiger partial charge in [0, 0.05) is 12.0 Å². The van der Waals surface area contributed by atoms with E-state index < -0.39 is 28.3 Å². The van der Waals surface area contributed by atoms with E-state index >= 15 is 0 Å². The molecule has 0 bridgehead atoms. The van der Waals surface area contributed by atoms with Gasteiger partial charge in [0.25, 0.3) is 0 Å². The number of hydrogen-bond acceptors (Lipinski definition) is 5. The molecule has 1 unspecified atom stereocenters. The van der Waals surface area contributed by atoms with Crippen molar-refractivity contribution in [2.24, 2.45) is 0 Å². The summed E-state index contributed by atoms with van der Waals surface area (Å²) in [6.07, 6.45) is -0.943. The highest BCUT2D eigenvalue weighted by atomic mass is 32.2. The fourth-order valence-corrected chi connectivity index (χ4v) is 2.81. The minimum atomic E-state index is -3.64. The second kappa shape index (κ2) is 6.08. The fourth-order valence-electron chi connectivity index (χ4n) is 1.45. The zero-order chi connectivity index (χ0) is 13.8. The minimum absolute atomic E-state index is 0.0302. The summed E-state index contributed by atoms with van der Waals surface area (Å²) in [7, 11) is -3.64. The summed E-state index contributed by atoms with van der Waals surface area (Å²) in [5.41, 5.74) is 0.458. The van der Waals surface area contributed by atoms with Crippen LogP contribution < -0.4 is 0 Å². The van der Waals surface area contributed by atoms with E-state index in [0.29, 0.717) is 12.0 Å². The summed E-state index contributed by atoms with van der Waals surface area (Å²) in [6.45, 7) is 1.12. The average Bonchev–Trinajstić information content (AvgIpc) is 2.37. The van der Waals surface area contributed by atoms with Crippen LogP contribution in [0, 0.1) is 0 Å². The van der Waals surface area contributed by atoms with E-state index in [4.69, 9.17) is 10.2 Å². The molecule has 1 aromatic rings. The maximum Gasteiger partial charge on any atom is 0.181 e. The Morgan fingerprint density at radius 1 is 1.28 bits per heavy atom. The van der Waals surface area contributed by atoms with Crippen molar-refractivity contribution in [3.05, 3.63) is 29.8 Å². The van der Waals surface area contributed by atoms with Crippen LogP contribution in [0.1, 0.15) is 23.7 Å². The van der Waals surface area contributed by atoms with Gasteiger partial charge >= 0.3 is 0 Å². The Kier molecular flexibility index (Phi) is 5.01. The van der Waals surface area contributed by atoms with Crippen molar-refractivity contribution in [1.29, 1.82) is 0 Å².